The minimum absolute atomic E-state index is 0.172. The Morgan fingerprint density at radius 1 is 0.667 bits per heavy atom. The predicted molar refractivity (Wildman–Crippen MR) is 166 cm³/mol. The van der Waals surface area contributed by atoms with Crippen molar-refractivity contribution in [1.29, 1.82) is 0 Å². The highest BCUT2D eigenvalue weighted by Gasteiger charge is 2.25. The topological polar surface area (TPSA) is 77.7 Å². The van der Waals surface area contributed by atoms with E-state index in [0.29, 0.717) is 11.3 Å². The molecule has 3 heterocycles. The van der Waals surface area contributed by atoms with E-state index >= 15 is 0 Å². The summed E-state index contributed by atoms with van der Waals surface area (Å²) in [5.41, 5.74) is 1.28. The molecule has 2 aliphatic heterocycles. The Labute approximate surface area is 241 Å². The van der Waals surface area contributed by atoms with Gasteiger partial charge in [-0.05, 0) is 77.4 Å². The van der Waals surface area contributed by atoms with E-state index in [4.69, 9.17) is 0 Å². The summed E-state index contributed by atoms with van der Waals surface area (Å²) in [5, 5.41) is 26.6. The number of sulfone groups is 1. The third-order valence-corrected chi connectivity index (χ3v) is 12.2. The molecule has 0 fully saturated rings. The van der Waals surface area contributed by atoms with Gasteiger partial charge >= 0.3 is 0 Å². The Hall–Kier alpha value is -2.96. The van der Waals surface area contributed by atoms with Gasteiger partial charge in [-0.3, -0.25) is 0 Å². The number of para-hydroxylation sites is 1. The van der Waals surface area contributed by atoms with Crippen molar-refractivity contribution in [2.24, 2.45) is 0 Å². The molecule has 0 unspecified atom stereocenters. The number of hydrogen-bond acceptors (Lipinski definition) is 9. The second kappa shape index (κ2) is 10.2. The lowest BCUT2D eigenvalue weighted by Gasteiger charge is -2.13. The van der Waals surface area contributed by atoms with Crippen LogP contribution in [-0.4, -0.2) is 28.6 Å². The minimum atomic E-state index is -3.84. The average molecular weight is 603 g/mol. The zero-order chi connectivity index (χ0) is 26.4. The number of hydrogen-bond donors (Lipinski definition) is 0. The zero-order valence-electron chi connectivity index (χ0n) is 20.1. The van der Waals surface area contributed by atoms with E-state index in [1.807, 2.05) is 30.3 Å². The first-order chi connectivity index (χ1) is 19.1. The van der Waals surface area contributed by atoms with Gasteiger partial charge in [0.05, 0.1) is 19.9 Å². The smallest absolute Gasteiger partial charge is 0.220 e. The van der Waals surface area contributed by atoms with Gasteiger partial charge in [0.25, 0.3) is 5.16 Å². The maximum atomic E-state index is 13.6. The van der Waals surface area contributed by atoms with Crippen molar-refractivity contribution in [2.45, 2.75) is 10.9 Å². The maximum absolute atomic E-state index is 13.6. The van der Waals surface area contributed by atoms with Crippen LogP contribution in [0, 0.1) is 0 Å². The fourth-order valence-electron chi connectivity index (χ4n) is 4.79. The van der Waals surface area contributed by atoms with Crippen LogP contribution in [0.3, 0.4) is 0 Å². The van der Waals surface area contributed by atoms with E-state index in [1.165, 1.54) is 23.8 Å². The molecule has 0 spiro atoms. The van der Waals surface area contributed by atoms with Gasteiger partial charge in [-0.1, -0.05) is 107 Å². The van der Waals surface area contributed by atoms with E-state index in [0.717, 1.165) is 21.4 Å². The van der Waals surface area contributed by atoms with Crippen molar-refractivity contribution in [1.82, 2.24) is 20.2 Å². The van der Waals surface area contributed by atoms with Crippen LogP contribution in [0.1, 0.15) is 5.56 Å². The Kier molecular flexibility index (Phi) is 6.56. The number of aromatic nitrogens is 4. The molecular formula is C28H18N4O2S5. The van der Waals surface area contributed by atoms with E-state index < -0.39 is 9.84 Å². The molecule has 2 aliphatic rings. The maximum Gasteiger partial charge on any atom is 0.272 e. The largest absolute Gasteiger partial charge is 0.272 e. The Morgan fingerprint density at radius 3 is 1.87 bits per heavy atom. The Morgan fingerprint density at radius 2 is 1.23 bits per heavy atom. The summed E-state index contributed by atoms with van der Waals surface area (Å²) in [5.74, 6) is -0.215. The number of fused-ring (bicyclic) bond motifs is 2. The van der Waals surface area contributed by atoms with Gasteiger partial charge in [0, 0.05) is 10.4 Å². The molecule has 11 heteroatoms. The second-order valence-electron chi connectivity index (χ2n) is 8.73. The third-order valence-electron chi connectivity index (χ3n) is 6.38. The standard InChI is InChI=1S/C28H18N4O2S5/c33-39(34,28-29-30-31-32(28)19-6-2-1-3-7-19)17-18-10-11-22-23(16-18)25(27-37-14-15-38-27)21-9-5-4-8-20(21)24(22)26-35-12-13-36-26/h1-16H,17H2. The summed E-state index contributed by atoms with van der Waals surface area (Å²) in [6.07, 6.45) is 0. The lowest BCUT2D eigenvalue weighted by atomic mass is 9.97. The fraction of sp³-hybridized carbons (Fsp3) is 0.0357. The summed E-state index contributed by atoms with van der Waals surface area (Å²) in [6, 6.07) is 23.5. The highest BCUT2D eigenvalue weighted by Crippen LogP contribution is 2.41. The lowest BCUT2D eigenvalue weighted by Crippen LogP contribution is -2.18. The van der Waals surface area contributed by atoms with Crippen LogP contribution in [0.5, 0.6) is 0 Å². The van der Waals surface area contributed by atoms with Crippen molar-refractivity contribution >= 4 is 86.9 Å². The number of tetrazole rings is 1. The highest BCUT2D eigenvalue weighted by atomic mass is 32.2. The predicted octanol–water partition coefficient (Wildman–Crippen LogP) is 5.98. The Balaban J connectivity index is 1.45. The summed E-state index contributed by atoms with van der Waals surface area (Å²) in [7, 11) is -3.84. The number of thioether (sulfide) groups is 4. The molecule has 0 saturated carbocycles. The summed E-state index contributed by atoms with van der Waals surface area (Å²) < 4.78 is 30.9. The van der Waals surface area contributed by atoms with Crippen LogP contribution < -0.4 is 10.4 Å². The molecule has 0 saturated heterocycles. The van der Waals surface area contributed by atoms with Gasteiger partial charge in [-0.2, -0.15) is 4.68 Å². The normalized spacial score (nSPS) is 15.3. The van der Waals surface area contributed by atoms with Gasteiger partial charge in [0.15, 0.2) is 0 Å². The molecule has 6 nitrogen and oxygen atoms in total. The molecule has 39 heavy (non-hydrogen) atoms. The van der Waals surface area contributed by atoms with Crippen LogP contribution >= 0.6 is 47.0 Å². The quantitative estimate of drug-likeness (QED) is 0.231. The summed E-state index contributed by atoms with van der Waals surface area (Å²) in [4.78, 5) is 0. The lowest BCUT2D eigenvalue weighted by molar-refractivity contribution is 0.579. The molecule has 0 aliphatic carbocycles. The summed E-state index contributed by atoms with van der Waals surface area (Å²) >= 11 is 6.85. The molecular weight excluding hydrogens is 585 g/mol. The molecule has 0 bridgehead atoms. The Bertz CT molecular complexity index is 2050. The van der Waals surface area contributed by atoms with Gasteiger partial charge in [-0.25, -0.2) is 8.42 Å². The van der Waals surface area contributed by atoms with E-state index in [9.17, 15) is 8.42 Å². The van der Waals surface area contributed by atoms with Gasteiger partial charge < -0.3 is 0 Å². The molecule has 1 aromatic heterocycles. The monoisotopic (exact) mass is 602 g/mol. The molecule has 0 radical (unpaired) electrons. The molecule has 0 N–H and O–H groups in total. The first-order valence-electron chi connectivity index (χ1n) is 11.9. The minimum Gasteiger partial charge on any atom is -0.220 e. The van der Waals surface area contributed by atoms with Gasteiger partial charge in [0.2, 0.25) is 9.84 Å². The van der Waals surface area contributed by atoms with Crippen LogP contribution in [-0.2, 0) is 15.6 Å². The number of rotatable bonds is 4. The van der Waals surface area contributed by atoms with Crippen LogP contribution in [0.15, 0.2) is 99.6 Å². The molecule has 0 amide bonds. The van der Waals surface area contributed by atoms with Crippen molar-refractivity contribution in [3.05, 3.63) is 110 Å². The third kappa shape index (κ3) is 4.52. The van der Waals surface area contributed by atoms with Crippen LogP contribution in [0.4, 0.5) is 0 Å². The molecule has 5 aromatic rings. The summed E-state index contributed by atoms with van der Waals surface area (Å²) in [6.45, 7) is 0. The average Bonchev–Trinajstić information content (AvgIpc) is 3.75. The van der Waals surface area contributed by atoms with Crippen molar-refractivity contribution < 1.29 is 8.42 Å². The van der Waals surface area contributed by atoms with Crippen LogP contribution in [0.2, 0.25) is 0 Å². The van der Waals surface area contributed by atoms with Crippen molar-refractivity contribution in [3.8, 4) is 5.69 Å². The second-order valence-corrected chi connectivity index (χ2v) is 14.8. The van der Waals surface area contributed by atoms with Crippen molar-refractivity contribution in [3.63, 3.8) is 0 Å². The highest BCUT2D eigenvalue weighted by molar-refractivity contribution is 8.35. The van der Waals surface area contributed by atoms with Gasteiger partial charge in [-0.15, -0.1) is 0 Å². The van der Waals surface area contributed by atoms with E-state index in [2.05, 4.69) is 67.5 Å². The zero-order valence-corrected chi connectivity index (χ0v) is 24.2. The van der Waals surface area contributed by atoms with E-state index in [1.54, 1.807) is 59.2 Å². The molecule has 192 valence electrons. The fourth-order valence-corrected chi connectivity index (χ4v) is 9.95. The molecule has 0 atom stereocenters. The SMILES string of the molecule is O=S(=O)(Cc1ccc2c(=C3SC=CS3)c3ccccc3c(=C3SC=CS3)c2c1)c1nnnn1-c1ccccc1. The number of nitrogens with zero attached hydrogens (tertiary/aromatic N) is 4. The number of benzene rings is 4. The van der Waals surface area contributed by atoms with Crippen molar-refractivity contribution in [2.75, 3.05) is 0 Å². The molecule has 4 aromatic carbocycles. The first kappa shape index (κ1) is 25.0. The molecule has 7 rings (SSSR count). The first-order valence-corrected chi connectivity index (χ1v) is 17.0. The van der Waals surface area contributed by atoms with E-state index in [-0.39, 0.29) is 10.9 Å². The van der Waals surface area contributed by atoms with Gasteiger partial charge in [0.1, 0.15) is 0 Å². The van der Waals surface area contributed by atoms with Crippen LogP contribution in [0.25, 0.3) is 35.7 Å².